The standard InChI is InChI=1S/C20H33N3O3S.ClH/c1-20(2,3)22-27(25,26)15-17-6-5-7-18(14-17)19(24)23-12-9-16(10-13-23)8-11-21-4;/h5-7,14,16,21-22H,8-13,15H2,1-4H3;1H. The van der Waals surface area contributed by atoms with Gasteiger partial charge in [-0.2, -0.15) is 0 Å². The van der Waals surface area contributed by atoms with E-state index in [0.29, 0.717) is 17.0 Å². The van der Waals surface area contributed by atoms with Crippen LogP contribution in [0.1, 0.15) is 56.0 Å². The Labute approximate surface area is 175 Å². The van der Waals surface area contributed by atoms with Gasteiger partial charge in [0.25, 0.3) is 5.91 Å². The van der Waals surface area contributed by atoms with E-state index in [1.807, 2.05) is 32.7 Å². The third-order valence-electron chi connectivity index (χ3n) is 4.70. The second-order valence-electron chi connectivity index (χ2n) is 8.44. The molecule has 1 aromatic rings. The molecule has 8 heteroatoms. The van der Waals surface area contributed by atoms with Crippen molar-refractivity contribution in [2.45, 2.75) is 51.3 Å². The van der Waals surface area contributed by atoms with Crippen LogP contribution in [0, 0.1) is 5.92 Å². The summed E-state index contributed by atoms with van der Waals surface area (Å²) in [5.41, 5.74) is 0.665. The number of likely N-dealkylation sites (tertiary alicyclic amines) is 1. The van der Waals surface area contributed by atoms with Crippen LogP contribution in [0.2, 0.25) is 0 Å². The highest BCUT2D eigenvalue weighted by molar-refractivity contribution is 7.88. The van der Waals surface area contributed by atoms with Crippen LogP contribution in [-0.4, -0.2) is 51.4 Å². The lowest BCUT2D eigenvalue weighted by atomic mass is 9.93. The van der Waals surface area contributed by atoms with Gasteiger partial charge in [0.05, 0.1) is 5.75 Å². The summed E-state index contributed by atoms with van der Waals surface area (Å²) in [6.07, 6.45) is 3.20. The van der Waals surface area contributed by atoms with Crippen LogP contribution in [0.3, 0.4) is 0 Å². The molecule has 1 heterocycles. The van der Waals surface area contributed by atoms with E-state index in [9.17, 15) is 13.2 Å². The van der Waals surface area contributed by atoms with Crippen molar-refractivity contribution in [3.05, 3.63) is 35.4 Å². The lowest BCUT2D eigenvalue weighted by Crippen LogP contribution is -2.41. The van der Waals surface area contributed by atoms with Gasteiger partial charge in [-0.15, -0.1) is 12.4 Å². The molecule has 0 radical (unpaired) electrons. The fourth-order valence-corrected chi connectivity index (χ4v) is 5.10. The molecule has 0 aliphatic carbocycles. The van der Waals surface area contributed by atoms with Gasteiger partial charge >= 0.3 is 0 Å². The fraction of sp³-hybridized carbons (Fsp3) is 0.650. The molecule has 1 aliphatic rings. The van der Waals surface area contributed by atoms with Crippen LogP contribution in [0.5, 0.6) is 0 Å². The Morgan fingerprint density at radius 3 is 2.43 bits per heavy atom. The third kappa shape index (κ3) is 8.07. The first kappa shape index (κ1) is 24.9. The lowest BCUT2D eigenvalue weighted by molar-refractivity contribution is 0.0687. The van der Waals surface area contributed by atoms with Gasteiger partial charge in [-0.3, -0.25) is 4.79 Å². The number of nitrogens with one attached hydrogen (secondary N) is 2. The zero-order chi connectivity index (χ0) is 20.1. The van der Waals surface area contributed by atoms with Gasteiger partial charge in [0.1, 0.15) is 0 Å². The maximum Gasteiger partial charge on any atom is 0.253 e. The molecule has 1 saturated heterocycles. The quantitative estimate of drug-likeness (QED) is 0.695. The number of carbonyl (C=O) groups excluding carboxylic acids is 1. The number of nitrogens with zero attached hydrogens (tertiary/aromatic N) is 1. The van der Waals surface area contributed by atoms with Gasteiger partial charge in [0.2, 0.25) is 10.0 Å². The van der Waals surface area contributed by atoms with Gasteiger partial charge < -0.3 is 10.2 Å². The monoisotopic (exact) mass is 431 g/mol. The minimum Gasteiger partial charge on any atom is -0.339 e. The average Bonchev–Trinajstić information content (AvgIpc) is 2.57. The molecule has 6 nitrogen and oxygen atoms in total. The molecule has 1 amide bonds. The Kier molecular flexibility index (Phi) is 9.40. The van der Waals surface area contributed by atoms with Crippen LogP contribution >= 0.6 is 12.4 Å². The number of sulfonamides is 1. The Morgan fingerprint density at radius 2 is 1.86 bits per heavy atom. The maximum atomic E-state index is 12.8. The SMILES string of the molecule is CNCCC1CCN(C(=O)c2cccc(CS(=O)(=O)NC(C)(C)C)c2)CC1.Cl. The summed E-state index contributed by atoms with van der Waals surface area (Å²) < 4.78 is 27.3. The maximum absolute atomic E-state index is 12.8. The number of hydrogen-bond donors (Lipinski definition) is 2. The molecule has 2 rings (SSSR count). The molecule has 160 valence electrons. The van der Waals surface area contributed by atoms with Crippen molar-refractivity contribution in [2.75, 3.05) is 26.7 Å². The highest BCUT2D eigenvalue weighted by Gasteiger charge is 2.24. The molecule has 28 heavy (non-hydrogen) atoms. The third-order valence-corrected chi connectivity index (χ3v) is 6.33. The summed E-state index contributed by atoms with van der Waals surface area (Å²) in [6.45, 7) is 7.97. The van der Waals surface area contributed by atoms with Crippen molar-refractivity contribution in [3.8, 4) is 0 Å². The van der Waals surface area contributed by atoms with E-state index in [2.05, 4.69) is 10.0 Å². The number of benzene rings is 1. The summed E-state index contributed by atoms with van der Waals surface area (Å²) in [5, 5.41) is 3.18. The number of piperidine rings is 1. The number of halogens is 1. The van der Waals surface area contributed by atoms with E-state index in [4.69, 9.17) is 0 Å². The number of rotatable bonds is 7. The predicted molar refractivity (Wildman–Crippen MR) is 116 cm³/mol. The van der Waals surface area contributed by atoms with E-state index in [0.717, 1.165) is 38.9 Å². The first-order chi connectivity index (χ1) is 12.6. The minimum absolute atomic E-state index is 0. The fourth-order valence-electron chi connectivity index (χ4n) is 3.47. The molecule has 0 unspecified atom stereocenters. The molecule has 0 bridgehead atoms. The van der Waals surface area contributed by atoms with Crippen LogP contribution < -0.4 is 10.0 Å². The summed E-state index contributed by atoms with van der Waals surface area (Å²) >= 11 is 0. The van der Waals surface area contributed by atoms with Crippen LogP contribution in [0.25, 0.3) is 0 Å². The summed E-state index contributed by atoms with van der Waals surface area (Å²) in [4.78, 5) is 14.7. The van der Waals surface area contributed by atoms with Crippen molar-refractivity contribution in [3.63, 3.8) is 0 Å². The molecule has 1 fully saturated rings. The van der Waals surface area contributed by atoms with E-state index in [1.165, 1.54) is 0 Å². The van der Waals surface area contributed by atoms with Gasteiger partial charge in [0, 0.05) is 24.2 Å². The van der Waals surface area contributed by atoms with Crippen LogP contribution in [0.15, 0.2) is 24.3 Å². The van der Waals surface area contributed by atoms with Gasteiger partial charge in [-0.05, 0) is 77.2 Å². The molecule has 0 atom stereocenters. The number of hydrogen-bond acceptors (Lipinski definition) is 4. The van der Waals surface area contributed by atoms with E-state index in [1.54, 1.807) is 24.3 Å². The van der Waals surface area contributed by atoms with E-state index < -0.39 is 15.6 Å². The topological polar surface area (TPSA) is 78.5 Å². The largest absolute Gasteiger partial charge is 0.339 e. The number of amides is 1. The highest BCUT2D eigenvalue weighted by atomic mass is 35.5. The van der Waals surface area contributed by atoms with Crippen molar-refractivity contribution in [2.24, 2.45) is 5.92 Å². The molecular formula is C20H34ClN3O3S. The summed E-state index contributed by atoms with van der Waals surface area (Å²) in [6, 6.07) is 6.98. The number of carbonyl (C=O) groups is 1. The smallest absolute Gasteiger partial charge is 0.253 e. The predicted octanol–water partition coefficient (Wildman–Crippen LogP) is 2.79. The van der Waals surface area contributed by atoms with Crippen LogP contribution in [-0.2, 0) is 15.8 Å². The van der Waals surface area contributed by atoms with E-state index >= 15 is 0 Å². The van der Waals surface area contributed by atoms with Gasteiger partial charge in [0.15, 0.2) is 0 Å². The summed E-state index contributed by atoms with van der Waals surface area (Å²) in [5.74, 6) is 0.531. The van der Waals surface area contributed by atoms with Crippen molar-refractivity contribution in [1.82, 2.24) is 14.9 Å². The van der Waals surface area contributed by atoms with Gasteiger partial charge in [-0.1, -0.05) is 12.1 Å². The van der Waals surface area contributed by atoms with E-state index in [-0.39, 0.29) is 24.1 Å². The second kappa shape index (κ2) is 10.6. The zero-order valence-corrected chi connectivity index (χ0v) is 19.0. The first-order valence-electron chi connectivity index (χ1n) is 9.64. The Bertz CT molecular complexity index is 739. The van der Waals surface area contributed by atoms with Crippen LogP contribution in [0.4, 0.5) is 0 Å². The second-order valence-corrected chi connectivity index (χ2v) is 10.2. The van der Waals surface area contributed by atoms with Gasteiger partial charge in [-0.25, -0.2) is 13.1 Å². The molecule has 0 spiro atoms. The molecule has 1 aliphatic heterocycles. The summed E-state index contributed by atoms with van der Waals surface area (Å²) in [7, 11) is -1.50. The molecule has 0 saturated carbocycles. The highest BCUT2D eigenvalue weighted by Crippen LogP contribution is 2.22. The Morgan fingerprint density at radius 1 is 1.21 bits per heavy atom. The lowest BCUT2D eigenvalue weighted by Gasteiger charge is -2.32. The zero-order valence-electron chi connectivity index (χ0n) is 17.3. The van der Waals surface area contributed by atoms with Crippen molar-refractivity contribution < 1.29 is 13.2 Å². The molecule has 0 aromatic heterocycles. The van der Waals surface area contributed by atoms with Crippen molar-refractivity contribution in [1.29, 1.82) is 0 Å². The molecule has 1 aromatic carbocycles. The van der Waals surface area contributed by atoms with Crippen molar-refractivity contribution >= 4 is 28.3 Å². The normalized spacial score (nSPS) is 15.9. The average molecular weight is 432 g/mol. The Hall–Kier alpha value is -1.15. The Balaban J connectivity index is 0.00000392. The minimum atomic E-state index is -3.46. The molecule has 2 N–H and O–H groups in total. The molecular weight excluding hydrogens is 398 g/mol. The first-order valence-corrected chi connectivity index (χ1v) is 11.3.